The summed E-state index contributed by atoms with van der Waals surface area (Å²) in [7, 11) is 1.47. The topological polar surface area (TPSA) is 117 Å². The van der Waals surface area contributed by atoms with Crippen LogP contribution in [0.15, 0.2) is 59.7 Å². The summed E-state index contributed by atoms with van der Waals surface area (Å²) in [5.41, 5.74) is 2.93. The third-order valence-corrected chi connectivity index (χ3v) is 5.53. The Balaban J connectivity index is 1.56. The van der Waals surface area contributed by atoms with Crippen LogP contribution in [0.1, 0.15) is 34.3 Å². The molecule has 4 rings (SSSR count). The minimum absolute atomic E-state index is 0.148. The molecule has 0 saturated heterocycles. The van der Waals surface area contributed by atoms with Crippen LogP contribution in [-0.2, 0) is 6.54 Å². The molecule has 2 aromatic carbocycles. The van der Waals surface area contributed by atoms with Gasteiger partial charge in [-0.1, -0.05) is 18.2 Å². The van der Waals surface area contributed by atoms with Crippen LogP contribution in [0.3, 0.4) is 0 Å². The molecule has 3 aromatic rings. The fraction of sp³-hybridized carbons (Fsp3) is 0.250. The Morgan fingerprint density at radius 1 is 1.21 bits per heavy atom. The number of aromatic nitrogens is 2. The zero-order valence-corrected chi connectivity index (χ0v) is 18.4. The van der Waals surface area contributed by atoms with Crippen LogP contribution in [-0.4, -0.2) is 39.7 Å². The molecule has 0 atom stereocenters. The number of hydrogen-bond acceptors (Lipinski definition) is 5. The van der Waals surface area contributed by atoms with Crippen LogP contribution in [0, 0.1) is 6.92 Å². The summed E-state index contributed by atoms with van der Waals surface area (Å²) < 4.78 is 1.47. The van der Waals surface area contributed by atoms with E-state index in [-0.39, 0.29) is 29.9 Å². The van der Waals surface area contributed by atoms with Gasteiger partial charge < -0.3 is 15.7 Å². The fourth-order valence-corrected chi connectivity index (χ4v) is 3.40. The van der Waals surface area contributed by atoms with Gasteiger partial charge in [-0.05, 0) is 55.2 Å². The molecule has 0 bridgehead atoms. The smallest absolute Gasteiger partial charge is 0.411 e. The first kappa shape index (κ1) is 22.1. The largest absolute Gasteiger partial charge is 0.465 e. The average molecular weight is 447 g/mol. The highest BCUT2D eigenvalue weighted by Gasteiger charge is 2.24. The summed E-state index contributed by atoms with van der Waals surface area (Å²) >= 11 is 0. The number of rotatable bonds is 7. The van der Waals surface area contributed by atoms with E-state index in [2.05, 4.69) is 15.6 Å². The highest BCUT2D eigenvalue weighted by Crippen LogP contribution is 2.21. The van der Waals surface area contributed by atoms with E-state index in [0.29, 0.717) is 16.9 Å². The van der Waals surface area contributed by atoms with Gasteiger partial charge in [0.25, 0.3) is 11.5 Å². The Morgan fingerprint density at radius 3 is 2.73 bits per heavy atom. The van der Waals surface area contributed by atoms with Gasteiger partial charge in [0.15, 0.2) is 5.82 Å². The van der Waals surface area contributed by atoms with Gasteiger partial charge in [-0.15, -0.1) is 0 Å². The van der Waals surface area contributed by atoms with Gasteiger partial charge in [-0.25, -0.2) is 9.78 Å². The number of benzene rings is 2. The lowest BCUT2D eigenvalue weighted by molar-refractivity contribution is 0.0951. The molecule has 9 nitrogen and oxygen atoms in total. The molecule has 0 radical (unpaired) electrons. The van der Waals surface area contributed by atoms with Crippen molar-refractivity contribution in [1.82, 2.24) is 14.9 Å². The maximum atomic E-state index is 13.1. The van der Waals surface area contributed by atoms with E-state index in [1.165, 1.54) is 17.8 Å². The lowest BCUT2D eigenvalue weighted by Crippen LogP contribution is -2.27. The molecule has 2 amide bonds. The highest BCUT2D eigenvalue weighted by molar-refractivity contribution is 5.95. The number of aryl methyl sites for hydroxylation is 1. The molecule has 0 unspecified atom stereocenters. The average Bonchev–Trinajstić information content (AvgIpc) is 3.62. The van der Waals surface area contributed by atoms with Crippen molar-refractivity contribution in [3.8, 4) is 5.69 Å². The van der Waals surface area contributed by atoms with Crippen molar-refractivity contribution in [2.45, 2.75) is 32.4 Å². The molecule has 170 valence electrons. The molecule has 0 spiro atoms. The maximum Gasteiger partial charge on any atom is 0.411 e. The van der Waals surface area contributed by atoms with Crippen LogP contribution < -0.4 is 21.1 Å². The number of carbonyl (C=O) groups is 2. The number of nitrogens with zero attached hydrogens (tertiary/aromatic N) is 3. The summed E-state index contributed by atoms with van der Waals surface area (Å²) in [6.07, 6.45) is 4.03. The van der Waals surface area contributed by atoms with Gasteiger partial charge >= 0.3 is 6.09 Å². The molecule has 1 aromatic heterocycles. The number of nitrogens with one attached hydrogen (secondary N) is 2. The number of carboxylic acid groups (broad SMARTS) is 1. The molecule has 1 heterocycles. The first-order chi connectivity index (χ1) is 15.8. The molecular weight excluding hydrogens is 422 g/mol. The van der Waals surface area contributed by atoms with Crippen molar-refractivity contribution in [3.05, 3.63) is 81.9 Å². The van der Waals surface area contributed by atoms with Gasteiger partial charge in [-0.2, -0.15) is 0 Å². The molecule has 33 heavy (non-hydrogen) atoms. The summed E-state index contributed by atoms with van der Waals surface area (Å²) in [5, 5.41) is 15.2. The summed E-state index contributed by atoms with van der Waals surface area (Å²) in [5.74, 6) is 0.00661. The molecule has 1 saturated carbocycles. The van der Waals surface area contributed by atoms with Crippen LogP contribution in [0.5, 0.6) is 0 Å². The molecule has 1 fully saturated rings. The van der Waals surface area contributed by atoms with E-state index in [9.17, 15) is 14.4 Å². The second-order valence-corrected chi connectivity index (χ2v) is 8.07. The van der Waals surface area contributed by atoms with Crippen LogP contribution in [0.4, 0.5) is 16.3 Å². The Kier molecular flexibility index (Phi) is 6.12. The predicted octanol–water partition coefficient (Wildman–Crippen LogP) is 3.16. The monoisotopic (exact) mass is 447 g/mol. The second kappa shape index (κ2) is 9.15. The van der Waals surface area contributed by atoms with Gasteiger partial charge in [0.2, 0.25) is 0 Å². The van der Waals surface area contributed by atoms with Crippen molar-refractivity contribution in [2.24, 2.45) is 0 Å². The first-order valence-electron chi connectivity index (χ1n) is 10.6. The van der Waals surface area contributed by atoms with Crippen LogP contribution in [0.2, 0.25) is 0 Å². The van der Waals surface area contributed by atoms with E-state index < -0.39 is 6.09 Å². The minimum atomic E-state index is -1.06. The predicted molar refractivity (Wildman–Crippen MR) is 125 cm³/mol. The molecular formula is C24H25N5O4. The molecule has 3 N–H and O–H groups in total. The fourth-order valence-electron chi connectivity index (χ4n) is 3.40. The normalized spacial score (nSPS) is 12.8. The lowest BCUT2D eigenvalue weighted by Gasteiger charge is -2.15. The molecule has 9 heteroatoms. The van der Waals surface area contributed by atoms with Crippen LogP contribution in [0.25, 0.3) is 5.69 Å². The van der Waals surface area contributed by atoms with Gasteiger partial charge in [0.1, 0.15) is 0 Å². The quantitative estimate of drug-likeness (QED) is 0.512. The van der Waals surface area contributed by atoms with Gasteiger partial charge in [0, 0.05) is 43.3 Å². The van der Waals surface area contributed by atoms with Crippen molar-refractivity contribution < 1.29 is 14.7 Å². The van der Waals surface area contributed by atoms with Crippen LogP contribution >= 0.6 is 0 Å². The summed E-state index contributed by atoms with van der Waals surface area (Å²) in [6, 6.07) is 12.5. The molecule has 1 aliphatic rings. The number of hydrogen-bond donors (Lipinski definition) is 3. The van der Waals surface area contributed by atoms with E-state index in [0.717, 1.165) is 28.9 Å². The van der Waals surface area contributed by atoms with E-state index >= 15 is 0 Å². The number of anilines is 2. The lowest BCUT2D eigenvalue weighted by atomic mass is 10.1. The second-order valence-electron chi connectivity index (χ2n) is 8.07. The molecule has 1 aliphatic carbocycles. The third kappa shape index (κ3) is 5.03. The molecule has 0 aliphatic heterocycles. The standard InChI is InChI=1S/C24H25N5O4/c1-15-6-7-17(22(30)27-18-8-9-18)13-20(15)29-11-10-25-21(23(29)31)26-14-16-4-3-5-19(12-16)28(2)24(32)33/h3-7,10-13,18H,8-9,14H2,1-2H3,(H,25,26)(H,27,30)(H,32,33). The van der Waals surface area contributed by atoms with Crippen molar-refractivity contribution in [1.29, 1.82) is 0 Å². The minimum Gasteiger partial charge on any atom is -0.465 e. The summed E-state index contributed by atoms with van der Waals surface area (Å²) in [6.45, 7) is 2.17. The highest BCUT2D eigenvalue weighted by atomic mass is 16.4. The summed E-state index contributed by atoms with van der Waals surface area (Å²) in [4.78, 5) is 42.1. The van der Waals surface area contributed by atoms with Gasteiger partial charge in [0.05, 0.1) is 5.69 Å². The zero-order chi connectivity index (χ0) is 23.5. The Labute approximate surface area is 190 Å². The van der Waals surface area contributed by atoms with Crippen molar-refractivity contribution in [3.63, 3.8) is 0 Å². The number of carbonyl (C=O) groups excluding carboxylic acids is 1. The first-order valence-corrected chi connectivity index (χ1v) is 10.6. The van der Waals surface area contributed by atoms with Gasteiger partial charge in [-0.3, -0.25) is 19.1 Å². The zero-order valence-electron chi connectivity index (χ0n) is 18.4. The van der Waals surface area contributed by atoms with E-state index in [4.69, 9.17) is 5.11 Å². The third-order valence-electron chi connectivity index (χ3n) is 5.53. The SMILES string of the molecule is Cc1ccc(C(=O)NC2CC2)cc1-n1ccnc(NCc2cccc(N(C)C(=O)O)c2)c1=O. The Bertz CT molecular complexity index is 1270. The van der Waals surface area contributed by atoms with Crippen molar-refractivity contribution >= 4 is 23.5 Å². The van der Waals surface area contributed by atoms with Crippen molar-refractivity contribution in [2.75, 3.05) is 17.3 Å². The Hall–Kier alpha value is -4.14. The Morgan fingerprint density at radius 2 is 2.00 bits per heavy atom. The number of amides is 2. The van der Waals surface area contributed by atoms with E-state index in [1.54, 1.807) is 36.5 Å². The van der Waals surface area contributed by atoms with E-state index in [1.807, 2.05) is 19.1 Å². The maximum absolute atomic E-state index is 13.1.